The smallest absolute Gasteiger partial charge is 0.325 e. The molecule has 0 saturated heterocycles. The number of rotatable bonds is 4. The van der Waals surface area contributed by atoms with Crippen LogP contribution in [-0.2, 0) is 16.1 Å². The van der Waals surface area contributed by atoms with Crippen LogP contribution in [0.1, 0.15) is 12.5 Å². The lowest BCUT2D eigenvalue weighted by Crippen LogP contribution is -2.41. The number of ether oxygens (including phenoxy) is 1. The maximum absolute atomic E-state index is 11.3. The molecule has 0 aliphatic rings. The van der Waals surface area contributed by atoms with Crippen LogP contribution < -0.4 is 5.73 Å². The van der Waals surface area contributed by atoms with E-state index in [0.29, 0.717) is 0 Å². The topological polar surface area (TPSA) is 72.5 Å². The van der Waals surface area contributed by atoms with Gasteiger partial charge in [-0.15, -0.1) is 0 Å². The van der Waals surface area contributed by atoms with E-state index >= 15 is 0 Å². The third-order valence-electron chi connectivity index (χ3n) is 2.12. The molecule has 0 radical (unpaired) electrons. The number of halogens is 1. The van der Waals surface area contributed by atoms with Crippen molar-refractivity contribution in [3.05, 3.63) is 34.3 Å². The van der Waals surface area contributed by atoms with Gasteiger partial charge < -0.3 is 15.6 Å². The zero-order chi connectivity index (χ0) is 12.1. The summed E-state index contributed by atoms with van der Waals surface area (Å²) in [4.78, 5) is 11.3. The van der Waals surface area contributed by atoms with Crippen LogP contribution in [0.2, 0.25) is 0 Å². The van der Waals surface area contributed by atoms with E-state index in [4.69, 9.17) is 15.6 Å². The Morgan fingerprint density at radius 1 is 1.56 bits per heavy atom. The van der Waals surface area contributed by atoms with Gasteiger partial charge >= 0.3 is 5.97 Å². The molecule has 1 aromatic rings. The predicted octanol–water partition coefficient (Wildman–Crippen LogP) is 1.20. The number of benzene rings is 1. The van der Waals surface area contributed by atoms with Crippen molar-refractivity contribution in [2.24, 2.45) is 5.73 Å². The first kappa shape index (κ1) is 13.2. The van der Waals surface area contributed by atoms with Crippen molar-refractivity contribution in [1.82, 2.24) is 0 Å². The molecular weight excluding hydrogens is 274 g/mol. The molecular formula is C11H14BrNO3. The van der Waals surface area contributed by atoms with Gasteiger partial charge in [0.25, 0.3) is 0 Å². The van der Waals surface area contributed by atoms with Gasteiger partial charge in [-0.05, 0) is 13.0 Å². The van der Waals surface area contributed by atoms with E-state index in [2.05, 4.69) is 15.9 Å². The Hall–Kier alpha value is -0.910. The van der Waals surface area contributed by atoms with Gasteiger partial charge in [0.2, 0.25) is 0 Å². The molecule has 1 rings (SSSR count). The third kappa shape index (κ3) is 3.59. The Morgan fingerprint density at radius 3 is 2.75 bits per heavy atom. The lowest BCUT2D eigenvalue weighted by atomic mass is 10.2. The number of carbonyl (C=O) groups is 1. The van der Waals surface area contributed by atoms with Gasteiger partial charge in [-0.1, -0.05) is 34.1 Å². The Balaban J connectivity index is 2.52. The van der Waals surface area contributed by atoms with Crippen molar-refractivity contribution in [3.63, 3.8) is 0 Å². The first-order chi connectivity index (χ1) is 7.52. The highest BCUT2D eigenvalue weighted by Crippen LogP contribution is 2.16. The number of hydrogen-bond donors (Lipinski definition) is 2. The zero-order valence-corrected chi connectivity index (χ0v) is 10.5. The molecule has 2 unspecified atom stereocenters. The Morgan fingerprint density at radius 2 is 2.19 bits per heavy atom. The molecule has 88 valence electrons. The number of nitrogens with two attached hydrogens (primary N) is 1. The number of hydrogen-bond acceptors (Lipinski definition) is 4. The minimum Gasteiger partial charge on any atom is -0.460 e. The second-order valence-corrected chi connectivity index (χ2v) is 4.32. The van der Waals surface area contributed by atoms with E-state index in [1.807, 2.05) is 24.3 Å². The van der Waals surface area contributed by atoms with Crippen LogP contribution in [-0.4, -0.2) is 23.2 Å². The molecule has 2 atom stereocenters. The fourth-order valence-electron chi connectivity index (χ4n) is 1.06. The van der Waals surface area contributed by atoms with Gasteiger partial charge in [0.1, 0.15) is 12.6 Å². The van der Waals surface area contributed by atoms with Crippen LogP contribution in [0, 0.1) is 0 Å². The van der Waals surface area contributed by atoms with Crippen molar-refractivity contribution < 1.29 is 14.6 Å². The second-order valence-electron chi connectivity index (χ2n) is 3.47. The van der Waals surface area contributed by atoms with Crippen LogP contribution in [0.5, 0.6) is 0 Å². The lowest BCUT2D eigenvalue weighted by Gasteiger charge is -2.14. The molecule has 0 aromatic heterocycles. The molecule has 0 saturated carbocycles. The van der Waals surface area contributed by atoms with E-state index in [1.54, 1.807) is 0 Å². The average Bonchev–Trinajstić information content (AvgIpc) is 2.26. The van der Waals surface area contributed by atoms with Gasteiger partial charge in [-0.3, -0.25) is 4.79 Å². The summed E-state index contributed by atoms with van der Waals surface area (Å²) in [5.41, 5.74) is 6.28. The average molecular weight is 288 g/mol. The van der Waals surface area contributed by atoms with E-state index in [0.717, 1.165) is 10.0 Å². The van der Waals surface area contributed by atoms with E-state index in [-0.39, 0.29) is 6.61 Å². The first-order valence-corrected chi connectivity index (χ1v) is 5.65. The largest absolute Gasteiger partial charge is 0.460 e. The highest BCUT2D eigenvalue weighted by atomic mass is 79.9. The van der Waals surface area contributed by atoms with Gasteiger partial charge in [0.05, 0.1) is 6.10 Å². The second kappa shape index (κ2) is 5.98. The summed E-state index contributed by atoms with van der Waals surface area (Å²) < 4.78 is 5.85. The molecule has 4 nitrogen and oxygen atoms in total. The maximum Gasteiger partial charge on any atom is 0.325 e. The Kier molecular flexibility index (Phi) is 4.92. The number of esters is 1. The van der Waals surface area contributed by atoms with Gasteiger partial charge in [0.15, 0.2) is 0 Å². The highest BCUT2D eigenvalue weighted by Gasteiger charge is 2.20. The normalized spacial score (nSPS) is 14.2. The fraction of sp³-hybridized carbons (Fsp3) is 0.364. The fourth-order valence-corrected chi connectivity index (χ4v) is 1.46. The molecule has 0 amide bonds. The number of aliphatic hydroxyl groups excluding tert-OH is 1. The minimum atomic E-state index is -0.998. The zero-order valence-electron chi connectivity index (χ0n) is 8.89. The first-order valence-electron chi connectivity index (χ1n) is 4.86. The summed E-state index contributed by atoms with van der Waals surface area (Å²) in [6, 6.07) is 6.42. The molecule has 3 N–H and O–H groups in total. The van der Waals surface area contributed by atoms with Crippen LogP contribution in [0.25, 0.3) is 0 Å². The lowest BCUT2D eigenvalue weighted by molar-refractivity contribution is -0.149. The SMILES string of the molecule is CC(O)C(N)C(=O)OCc1ccccc1Br. The summed E-state index contributed by atoms with van der Waals surface area (Å²) in [6.07, 6.45) is -0.910. The van der Waals surface area contributed by atoms with Crippen LogP contribution in [0.15, 0.2) is 28.7 Å². The van der Waals surface area contributed by atoms with E-state index < -0.39 is 18.1 Å². The molecule has 0 aliphatic carbocycles. The Labute approximate surface area is 103 Å². The van der Waals surface area contributed by atoms with E-state index in [1.165, 1.54) is 6.92 Å². The standard InChI is InChI=1S/C11H14BrNO3/c1-7(14)10(13)11(15)16-6-8-4-2-3-5-9(8)12/h2-5,7,10,14H,6,13H2,1H3. The van der Waals surface area contributed by atoms with Gasteiger partial charge in [-0.2, -0.15) is 0 Å². The summed E-state index contributed by atoms with van der Waals surface area (Å²) in [5.74, 6) is -0.606. The van der Waals surface area contributed by atoms with Crippen molar-refractivity contribution in [2.45, 2.75) is 25.7 Å². The summed E-state index contributed by atoms with van der Waals surface area (Å²) in [6.45, 7) is 1.59. The monoisotopic (exact) mass is 287 g/mol. The minimum absolute atomic E-state index is 0.140. The molecule has 0 fully saturated rings. The summed E-state index contributed by atoms with van der Waals surface area (Å²) in [7, 11) is 0. The number of aliphatic hydroxyl groups is 1. The molecule has 5 heteroatoms. The Bertz CT molecular complexity index is 368. The molecule has 0 aliphatic heterocycles. The van der Waals surface area contributed by atoms with Gasteiger partial charge in [0, 0.05) is 10.0 Å². The van der Waals surface area contributed by atoms with Crippen molar-refractivity contribution in [2.75, 3.05) is 0 Å². The van der Waals surface area contributed by atoms with Crippen LogP contribution >= 0.6 is 15.9 Å². The number of carbonyl (C=O) groups excluding carboxylic acids is 1. The molecule has 0 spiro atoms. The maximum atomic E-state index is 11.3. The summed E-state index contributed by atoms with van der Waals surface area (Å²) >= 11 is 3.34. The van der Waals surface area contributed by atoms with Gasteiger partial charge in [-0.25, -0.2) is 0 Å². The highest BCUT2D eigenvalue weighted by molar-refractivity contribution is 9.10. The molecule has 16 heavy (non-hydrogen) atoms. The van der Waals surface area contributed by atoms with Crippen molar-refractivity contribution in [1.29, 1.82) is 0 Å². The van der Waals surface area contributed by atoms with Crippen molar-refractivity contribution >= 4 is 21.9 Å². The van der Waals surface area contributed by atoms with E-state index in [9.17, 15) is 4.79 Å². The quantitative estimate of drug-likeness (QED) is 0.817. The van der Waals surface area contributed by atoms with Crippen molar-refractivity contribution in [3.8, 4) is 0 Å². The predicted molar refractivity (Wildman–Crippen MR) is 63.6 cm³/mol. The molecule has 0 heterocycles. The molecule has 1 aromatic carbocycles. The molecule has 0 bridgehead atoms. The van der Waals surface area contributed by atoms with Crippen LogP contribution in [0.4, 0.5) is 0 Å². The third-order valence-corrected chi connectivity index (χ3v) is 2.89. The summed E-state index contributed by atoms with van der Waals surface area (Å²) in [5, 5.41) is 9.11. The van der Waals surface area contributed by atoms with Crippen LogP contribution in [0.3, 0.4) is 0 Å².